The summed E-state index contributed by atoms with van der Waals surface area (Å²) in [5.74, 6) is -1.20. The molecule has 0 unspecified atom stereocenters. The predicted octanol–water partition coefficient (Wildman–Crippen LogP) is 7.04. The summed E-state index contributed by atoms with van der Waals surface area (Å²) in [5.41, 5.74) is 2.10. The zero-order valence-corrected chi connectivity index (χ0v) is 22.0. The molecule has 4 rings (SSSR count). The number of imidazole rings is 1. The highest BCUT2D eigenvalue weighted by atomic mass is 35.5. The first kappa shape index (κ1) is 26.0. The minimum absolute atomic E-state index is 0.0493. The van der Waals surface area contributed by atoms with Crippen LogP contribution in [-0.4, -0.2) is 32.7 Å². The van der Waals surface area contributed by atoms with Gasteiger partial charge in [-0.05, 0) is 42.0 Å². The SMILES string of the molecule is COc1cc(C(C)(C)c2cnc(SCc3c(F)cc(C(=O)O)cc3Cl)n2-c2cccnc2)ccc1Cl. The predicted molar refractivity (Wildman–Crippen MR) is 139 cm³/mol. The monoisotopic (exact) mass is 545 g/mol. The summed E-state index contributed by atoms with van der Waals surface area (Å²) >= 11 is 13.8. The summed E-state index contributed by atoms with van der Waals surface area (Å²) in [5, 5.41) is 10.3. The zero-order valence-electron chi connectivity index (χ0n) is 19.6. The van der Waals surface area contributed by atoms with Gasteiger partial charge in [-0.3, -0.25) is 9.55 Å². The van der Waals surface area contributed by atoms with Crippen LogP contribution in [0.4, 0.5) is 4.39 Å². The van der Waals surface area contributed by atoms with Crippen LogP contribution in [0.25, 0.3) is 5.69 Å². The van der Waals surface area contributed by atoms with Crippen molar-refractivity contribution in [1.82, 2.24) is 14.5 Å². The van der Waals surface area contributed by atoms with Crippen LogP contribution in [0.1, 0.15) is 41.0 Å². The van der Waals surface area contributed by atoms with Crippen LogP contribution >= 0.6 is 35.0 Å². The van der Waals surface area contributed by atoms with Crippen molar-refractivity contribution in [3.8, 4) is 11.4 Å². The lowest BCUT2D eigenvalue weighted by atomic mass is 9.81. The van der Waals surface area contributed by atoms with Crippen molar-refractivity contribution in [2.75, 3.05) is 7.11 Å². The normalized spacial score (nSPS) is 11.5. The van der Waals surface area contributed by atoms with Gasteiger partial charge >= 0.3 is 5.97 Å². The molecule has 36 heavy (non-hydrogen) atoms. The van der Waals surface area contributed by atoms with Gasteiger partial charge in [-0.2, -0.15) is 0 Å². The standard InChI is InChI=1S/C26H22Cl2FN3O3S/c1-26(2,16-6-7-19(27)22(11-16)35-3)23-13-31-25(32(23)17-5-4-8-30-12-17)36-14-18-20(28)9-15(24(33)34)10-21(18)29/h4-13H,14H2,1-3H3,(H,33,34). The van der Waals surface area contributed by atoms with E-state index in [1.54, 1.807) is 31.8 Å². The van der Waals surface area contributed by atoms with Gasteiger partial charge in [0.05, 0.1) is 41.5 Å². The van der Waals surface area contributed by atoms with E-state index in [2.05, 4.69) is 23.8 Å². The Bertz CT molecular complexity index is 1400. The number of methoxy groups -OCH3 is 1. The number of carboxylic acids is 1. The van der Waals surface area contributed by atoms with Gasteiger partial charge in [0, 0.05) is 28.0 Å². The van der Waals surface area contributed by atoms with E-state index in [1.807, 2.05) is 28.8 Å². The van der Waals surface area contributed by atoms with Gasteiger partial charge in [0.1, 0.15) is 11.6 Å². The number of carbonyl (C=O) groups is 1. The molecule has 0 radical (unpaired) electrons. The third-order valence-electron chi connectivity index (χ3n) is 5.88. The number of aromatic nitrogens is 3. The molecule has 0 saturated heterocycles. The molecule has 0 spiro atoms. The average molecular weight is 546 g/mol. The molecule has 0 aliphatic heterocycles. The first-order valence-electron chi connectivity index (χ1n) is 10.8. The number of pyridine rings is 1. The number of carboxylic acid groups (broad SMARTS) is 1. The molecule has 0 aliphatic rings. The second-order valence-electron chi connectivity index (χ2n) is 8.46. The second kappa shape index (κ2) is 10.5. The molecule has 6 nitrogen and oxygen atoms in total. The maximum Gasteiger partial charge on any atom is 0.335 e. The van der Waals surface area contributed by atoms with Gasteiger partial charge in [-0.15, -0.1) is 0 Å². The Labute approximate surface area is 222 Å². The number of aromatic carboxylic acids is 1. The third-order valence-corrected chi connectivity index (χ3v) is 7.51. The molecule has 4 aromatic rings. The molecule has 0 saturated carbocycles. The van der Waals surface area contributed by atoms with Crippen molar-refractivity contribution in [3.05, 3.63) is 99.3 Å². The third kappa shape index (κ3) is 5.07. The van der Waals surface area contributed by atoms with Gasteiger partial charge in [0.25, 0.3) is 0 Å². The van der Waals surface area contributed by atoms with Gasteiger partial charge < -0.3 is 9.84 Å². The van der Waals surface area contributed by atoms with E-state index < -0.39 is 17.2 Å². The van der Waals surface area contributed by atoms with Crippen LogP contribution in [0.3, 0.4) is 0 Å². The molecule has 186 valence electrons. The van der Waals surface area contributed by atoms with Gasteiger partial charge in [0.15, 0.2) is 5.16 Å². The molecule has 0 bridgehead atoms. The highest BCUT2D eigenvalue weighted by Crippen LogP contribution is 2.39. The lowest BCUT2D eigenvalue weighted by molar-refractivity contribution is 0.0696. The lowest BCUT2D eigenvalue weighted by Crippen LogP contribution is -2.23. The van der Waals surface area contributed by atoms with Crippen LogP contribution in [-0.2, 0) is 11.2 Å². The Morgan fingerprint density at radius 3 is 2.58 bits per heavy atom. The number of hydrogen-bond acceptors (Lipinski definition) is 5. The van der Waals surface area contributed by atoms with E-state index in [1.165, 1.54) is 17.8 Å². The Balaban J connectivity index is 1.76. The topological polar surface area (TPSA) is 77.2 Å². The molecule has 0 atom stereocenters. The summed E-state index contributed by atoms with van der Waals surface area (Å²) in [4.78, 5) is 20.1. The van der Waals surface area contributed by atoms with Gasteiger partial charge in [0.2, 0.25) is 0 Å². The van der Waals surface area contributed by atoms with Crippen molar-refractivity contribution in [2.45, 2.75) is 30.2 Å². The average Bonchev–Trinajstić information content (AvgIpc) is 3.29. The van der Waals surface area contributed by atoms with E-state index in [-0.39, 0.29) is 21.9 Å². The van der Waals surface area contributed by atoms with E-state index in [4.69, 9.17) is 33.0 Å². The molecule has 0 fully saturated rings. The lowest BCUT2D eigenvalue weighted by Gasteiger charge is -2.28. The van der Waals surface area contributed by atoms with Crippen LogP contribution in [0.2, 0.25) is 10.0 Å². The first-order chi connectivity index (χ1) is 17.1. The first-order valence-corrected chi connectivity index (χ1v) is 12.5. The number of nitrogens with zero attached hydrogens (tertiary/aromatic N) is 3. The summed E-state index contributed by atoms with van der Waals surface area (Å²) in [6.45, 7) is 4.13. The van der Waals surface area contributed by atoms with Crippen LogP contribution in [0, 0.1) is 5.82 Å². The van der Waals surface area contributed by atoms with Crippen molar-refractivity contribution in [1.29, 1.82) is 0 Å². The quantitative estimate of drug-likeness (QED) is 0.239. The highest BCUT2D eigenvalue weighted by molar-refractivity contribution is 7.98. The fraction of sp³-hybridized carbons (Fsp3) is 0.192. The number of halogens is 3. The molecule has 0 aliphatic carbocycles. The van der Waals surface area contributed by atoms with Crippen molar-refractivity contribution in [2.24, 2.45) is 0 Å². The van der Waals surface area contributed by atoms with Gasteiger partial charge in [-0.1, -0.05) is 54.9 Å². The zero-order chi connectivity index (χ0) is 26.0. The smallest absolute Gasteiger partial charge is 0.335 e. The molecule has 1 N–H and O–H groups in total. The molecule has 2 heterocycles. The van der Waals surface area contributed by atoms with E-state index >= 15 is 0 Å². The number of thioether (sulfide) groups is 1. The van der Waals surface area contributed by atoms with Crippen LogP contribution in [0.5, 0.6) is 5.75 Å². The van der Waals surface area contributed by atoms with Gasteiger partial charge in [-0.25, -0.2) is 14.2 Å². The molecular formula is C26H22Cl2FN3O3S. The Morgan fingerprint density at radius 1 is 1.17 bits per heavy atom. The Hall–Kier alpha value is -3.07. The number of rotatable bonds is 8. The molecule has 2 aromatic heterocycles. The Kier molecular flexibility index (Phi) is 7.59. The number of ether oxygens (including phenoxy) is 1. The van der Waals surface area contributed by atoms with Crippen molar-refractivity contribution < 1.29 is 19.0 Å². The molecular weight excluding hydrogens is 524 g/mol. The summed E-state index contributed by atoms with van der Waals surface area (Å²) < 4.78 is 22.1. The second-order valence-corrected chi connectivity index (χ2v) is 10.2. The fourth-order valence-corrected chi connectivity index (χ4v) is 5.39. The minimum Gasteiger partial charge on any atom is -0.495 e. The van der Waals surface area contributed by atoms with Crippen LogP contribution in [0.15, 0.2) is 66.2 Å². The summed E-state index contributed by atoms with van der Waals surface area (Å²) in [6, 6.07) is 11.6. The van der Waals surface area contributed by atoms with Crippen molar-refractivity contribution >= 4 is 40.9 Å². The maximum atomic E-state index is 14.7. The molecule has 2 aromatic carbocycles. The number of hydrogen-bond donors (Lipinski definition) is 1. The Morgan fingerprint density at radius 2 is 1.94 bits per heavy atom. The van der Waals surface area contributed by atoms with E-state index in [0.717, 1.165) is 23.0 Å². The van der Waals surface area contributed by atoms with E-state index in [0.29, 0.717) is 15.9 Å². The number of benzene rings is 2. The summed E-state index contributed by atoms with van der Waals surface area (Å²) in [7, 11) is 1.57. The highest BCUT2D eigenvalue weighted by Gasteiger charge is 2.30. The van der Waals surface area contributed by atoms with E-state index in [9.17, 15) is 9.18 Å². The largest absolute Gasteiger partial charge is 0.495 e. The van der Waals surface area contributed by atoms with Crippen LogP contribution < -0.4 is 4.74 Å². The van der Waals surface area contributed by atoms with Crippen molar-refractivity contribution in [3.63, 3.8) is 0 Å². The molecule has 10 heteroatoms. The maximum absolute atomic E-state index is 14.7. The molecule has 0 amide bonds. The minimum atomic E-state index is -1.24. The fourth-order valence-electron chi connectivity index (χ4n) is 3.81. The summed E-state index contributed by atoms with van der Waals surface area (Å²) in [6.07, 6.45) is 5.19.